The third-order valence-electron chi connectivity index (χ3n) is 1.64. The molecular weight excluding hydrogens is 142 g/mol. The molecule has 0 aliphatic carbocycles. The molecule has 0 saturated carbocycles. The SMILES string of the molecule is OCc1ccc2c(c1)[NH2+]N=N2. The van der Waals surface area contributed by atoms with Gasteiger partial charge in [0, 0.05) is 11.3 Å². The van der Waals surface area contributed by atoms with E-state index in [-0.39, 0.29) is 6.61 Å². The number of hydrogen-bond donors (Lipinski definition) is 2. The normalized spacial score (nSPS) is 13.5. The summed E-state index contributed by atoms with van der Waals surface area (Å²) in [4.78, 5) is 0. The van der Waals surface area contributed by atoms with E-state index in [0.29, 0.717) is 0 Å². The van der Waals surface area contributed by atoms with Gasteiger partial charge in [-0.3, -0.25) is 0 Å². The molecule has 0 amide bonds. The van der Waals surface area contributed by atoms with Gasteiger partial charge in [0.1, 0.15) is 0 Å². The average Bonchev–Trinajstić information content (AvgIpc) is 2.50. The first kappa shape index (κ1) is 6.45. The molecular formula is C7H8N3O+. The Hall–Kier alpha value is -1.26. The van der Waals surface area contributed by atoms with Crippen LogP contribution in [0.2, 0.25) is 0 Å². The molecule has 0 spiro atoms. The van der Waals surface area contributed by atoms with Crippen LogP contribution < -0.4 is 5.43 Å². The Morgan fingerprint density at radius 2 is 2.36 bits per heavy atom. The smallest absolute Gasteiger partial charge is 0.185 e. The van der Waals surface area contributed by atoms with Gasteiger partial charge in [0.05, 0.1) is 6.61 Å². The molecule has 2 rings (SSSR count). The first-order valence-corrected chi connectivity index (χ1v) is 3.38. The van der Waals surface area contributed by atoms with Crippen LogP contribution in [0.5, 0.6) is 0 Å². The molecule has 1 aromatic carbocycles. The topological polar surface area (TPSA) is 61.6 Å². The van der Waals surface area contributed by atoms with Crippen molar-refractivity contribution < 1.29 is 10.5 Å². The van der Waals surface area contributed by atoms with E-state index < -0.39 is 0 Å². The second-order valence-electron chi connectivity index (χ2n) is 2.40. The van der Waals surface area contributed by atoms with Crippen LogP contribution in [0.4, 0.5) is 11.4 Å². The molecule has 0 fully saturated rings. The number of rotatable bonds is 1. The van der Waals surface area contributed by atoms with E-state index in [0.717, 1.165) is 16.9 Å². The molecule has 0 bridgehead atoms. The van der Waals surface area contributed by atoms with Crippen LogP contribution in [-0.2, 0) is 6.61 Å². The monoisotopic (exact) mass is 150 g/mol. The van der Waals surface area contributed by atoms with Crippen molar-refractivity contribution in [3.8, 4) is 0 Å². The lowest BCUT2D eigenvalue weighted by Crippen LogP contribution is -2.68. The van der Waals surface area contributed by atoms with Gasteiger partial charge in [0.2, 0.25) is 0 Å². The van der Waals surface area contributed by atoms with Gasteiger partial charge in [-0.2, -0.15) is 5.43 Å². The summed E-state index contributed by atoms with van der Waals surface area (Å²) in [5, 5.41) is 16.4. The van der Waals surface area contributed by atoms with Crippen LogP contribution in [-0.4, -0.2) is 5.11 Å². The molecule has 0 aromatic heterocycles. The van der Waals surface area contributed by atoms with Crippen molar-refractivity contribution >= 4 is 11.4 Å². The first-order chi connectivity index (χ1) is 5.40. The fourth-order valence-corrected chi connectivity index (χ4v) is 1.05. The number of aliphatic hydroxyl groups excluding tert-OH is 1. The minimum atomic E-state index is 0.0706. The fourth-order valence-electron chi connectivity index (χ4n) is 1.05. The van der Waals surface area contributed by atoms with Gasteiger partial charge in [-0.05, 0) is 11.6 Å². The van der Waals surface area contributed by atoms with E-state index in [9.17, 15) is 0 Å². The van der Waals surface area contributed by atoms with E-state index in [2.05, 4.69) is 10.3 Å². The van der Waals surface area contributed by atoms with Crippen molar-refractivity contribution in [1.82, 2.24) is 0 Å². The number of hydrogen-bond acceptors (Lipinski definition) is 3. The zero-order valence-corrected chi connectivity index (χ0v) is 5.86. The molecule has 0 unspecified atom stereocenters. The Bertz CT molecular complexity index is 309. The molecule has 11 heavy (non-hydrogen) atoms. The molecule has 1 aliphatic rings. The highest BCUT2D eigenvalue weighted by Crippen LogP contribution is 2.24. The molecule has 56 valence electrons. The highest BCUT2D eigenvalue weighted by molar-refractivity contribution is 5.58. The summed E-state index contributed by atoms with van der Waals surface area (Å²) < 4.78 is 0. The molecule has 1 aromatic rings. The third-order valence-corrected chi connectivity index (χ3v) is 1.64. The highest BCUT2D eigenvalue weighted by atomic mass is 16.3. The van der Waals surface area contributed by atoms with E-state index in [1.807, 2.05) is 18.2 Å². The Labute approximate surface area is 63.6 Å². The van der Waals surface area contributed by atoms with Gasteiger partial charge in [-0.15, -0.1) is 0 Å². The van der Waals surface area contributed by atoms with Crippen molar-refractivity contribution in [2.24, 2.45) is 10.3 Å². The van der Waals surface area contributed by atoms with Crippen molar-refractivity contribution in [2.45, 2.75) is 6.61 Å². The lowest BCUT2D eigenvalue weighted by Gasteiger charge is -1.94. The second kappa shape index (κ2) is 2.41. The molecule has 3 N–H and O–H groups in total. The number of quaternary nitrogens is 1. The molecule has 0 saturated heterocycles. The largest absolute Gasteiger partial charge is 0.392 e. The third kappa shape index (κ3) is 1.02. The van der Waals surface area contributed by atoms with Crippen LogP contribution in [0.15, 0.2) is 28.5 Å². The summed E-state index contributed by atoms with van der Waals surface area (Å²) in [7, 11) is 0. The number of fused-ring (bicyclic) bond motifs is 1. The molecule has 0 radical (unpaired) electrons. The quantitative estimate of drug-likeness (QED) is 0.441. The van der Waals surface area contributed by atoms with Gasteiger partial charge in [-0.25, -0.2) is 0 Å². The molecule has 1 aliphatic heterocycles. The Kier molecular flexibility index (Phi) is 1.41. The van der Waals surface area contributed by atoms with Crippen molar-refractivity contribution in [3.63, 3.8) is 0 Å². The first-order valence-electron chi connectivity index (χ1n) is 3.38. The molecule has 4 nitrogen and oxygen atoms in total. The average molecular weight is 150 g/mol. The van der Waals surface area contributed by atoms with Crippen LogP contribution in [0.1, 0.15) is 5.56 Å². The van der Waals surface area contributed by atoms with Crippen LogP contribution in [0, 0.1) is 0 Å². The zero-order chi connectivity index (χ0) is 7.68. The molecule has 4 heteroatoms. The minimum Gasteiger partial charge on any atom is -0.392 e. The van der Waals surface area contributed by atoms with Gasteiger partial charge >= 0.3 is 0 Å². The van der Waals surface area contributed by atoms with Crippen molar-refractivity contribution in [2.75, 3.05) is 0 Å². The van der Waals surface area contributed by atoms with Crippen LogP contribution >= 0.6 is 0 Å². The second-order valence-corrected chi connectivity index (χ2v) is 2.40. The van der Waals surface area contributed by atoms with Crippen molar-refractivity contribution in [1.29, 1.82) is 0 Å². The van der Waals surface area contributed by atoms with E-state index in [1.165, 1.54) is 0 Å². The maximum atomic E-state index is 8.79. The Morgan fingerprint density at radius 1 is 1.45 bits per heavy atom. The Balaban J connectivity index is 2.45. The lowest BCUT2D eigenvalue weighted by molar-refractivity contribution is -0.578. The summed E-state index contributed by atoms with van der Waals surface area (Å²) >= 11 is 0. The number of nitrogens with two attached hydrogens (primary N) is 1. The van der Waals surface area contributed by atoms with Crippen LogP contribution in [0.25, 0.3) is 0 Å². The maximum Gasteiger partial charge on any atom is 0.185 e. The predicted molar refractivity (Wildman–Crippen MR) is 38.5 cm³/mol. The van der Waals surface area contributed by atoms with E-state index >= 15 is 0 Å². The van der Waals surface area contributed by atoms with Crippen molar-refractivity contribution in [3.05, 3.63) is 23.8 Å². The number of aliphatic hydroxyl groups is 1. The predicted octanol–water partition coefficient (Wildman–Crippen LogP) is 0.386. The fraction of sp³-hybridized carbons (Fsp3) is 0.143. The molecule has 1 heterocycles. The summed E-state index contributed by atoms with van der Waals surface area (Å²) in [6, 6.07) is 5.58. The zero-order valence-electron chi connectivity index (χ0n) is 5.86. The standard InChI is InChI=1S/C7H7N3O/c11-4-5-1-2-6-7(3-5)9-10-8-6/h1-3,11H,4H2,(H,8,9,10)/p+1. The van der Waals surface area contributed by atoms with Gasteiger partial charge in [0.25, 0.3) is 0 Å². The molecule has 0 atom stereocenters. The summed E-state index contributed by atoms with van der Waals surface area (Å²) in [5.41, 5.74) is 4.44. The maximum absolute atomic E-state index is 8.79. The van der Waals surface area contributed by atoms with Crippen LogP contribution in [0.3, 0.4) is 0 Å². The highest BCUT2D eigenvalue weighted by Gasteiger charge is 2.11. The van der Waals surface area contributed by atoms with Gasteiger partial charge in [0.15, 0.2) is 11.4 Å². The van der Waals surface area contributed by atoms with Gasteiger partial charge in [-0.1, -0.05) is 11.2 Å². The number of nitrogens with zero attached hydrogens (tertiary/aromatic N) is 2. The Morgan fingerprint density at radius 3 is 3.18 bits per heavy atom. The van der Waals surface area contributed by atoms with E-state index in [4.69, 9.17) is 5.11 Å². The summed E-state index contributed by atoms with van der Waals surface area (Å²) in [5.74, 6) is 0. The summed E-state index contributed by atoms with van der Waals surface area (Å²) in [6.45, 7) is 0.0706. The number of benzene rings is 1. The van der Waals surface area contributed by atoms with E-state index in [1.54, 1.807) is 5.43 Å². The van der Waals surface area contributed by atoms with Gasteiger partial charge < -0.3 is 5.11 Å². The minimum absolute atomic E-state index is 0.0706. The summed E-state index contributed by atoms with van der Waals surface area (Å²) in [6.07, 6.45) is 0. The lowest BCUT2D eigenvalue weighted by atomic mass is 10.2.